The number of carboxylic acid groups (broad SMARTS) is 1. The summed E-state index contributed by atoms with van der Waals surface area (Å²) in [5.41, 5.74) is 0.561. The summed E-state index contributed by atoms with van der Waals surface area (Å²) < 4.78 is 0. The van der Waals surface area contributed by atoms with Gasteiger partial charge in [0.15, 0.2) is 0 Å². The van der Waals surface area contributed by atoms with Gasteiger partial charge in [-0.2, -0.15) is 0 Å². The molecule has 3 amide bonds. The van der Waals surface area contributed by atoms with Crippen molar-refractivity contribution in [3.05, 3.63) is 28.2 Å². The van der Waals surface area contributed by atoms with E-state index in [1.165, 1.54) is 0 Å². The summed E-state index contributed by atoms with van der Waals surface area (Å²) in [6.07, 6.45) is 1.33. The average molecular weight is 400 g/mol. The van der Waals surface area contributed by atoms with Gasteiger partial charge in [-0.05, 0) is 31.0 Å². The van der Waals surface area contributed by atoms with Crippen molar-refractivity contribution in [3.8, 4) is 0 Å². The quantitative estimate of drug-likeness (QED) is 0.817. The molecular formula is C17H19Cl2N3O4. The highest BCUT2D eigenvalue weighted by atomic mass is 35.5. The van der Waals surface area contributed by atoms with Gasteiger partial charge in [-0.25, -0.2) is 4.79 Å². The number of aliphatic carboxylic acids is 1. The molecule has 2 heterocycles. The number of nitrogens with zero attached hydrogens (tertiary/aromatic N) is 2. The third-order valence-corrected chi connectivity index (χ3v) is 5.61. The van der Waals surface area contributed by atoms with Crippen molar-refractivity contribution in [3.63, 3.8) is 0 Å². The number of anilines is 1. The fourth-order valence-electron chi connectivity index (χ4n) is 3.41. The number of hydrogen-bond donors (Lipinski definition) is 2. The number of rotatable bonds is 3. The van der Waals surface area contributed by atoms with Crippen LogP contribution >= 0.6 is 23.2 Å². The minimum Gasteiger partial charge on any atom is -0.481 e. The molecule has 9 heteroatoms. The summed E-state index contributed by atoms with van der Waals surface area (Å²) in [4.78, 5) is 38.8. The maximum Gasteiger partial charge on any atom is 0.321 e. The molecule has 140 valence electrons. The predicted octanol–water partition coefficient (Wildman–Crippen LogP) is 2.92. The van der Waals surface area contributed by atoms with E-state index < -0.39 is 11.9 Å². The Morgan fingerprint density at radius 3 is 2.42 bits per heavy atom. The number of nitrogens with one attached hydrogen (secondary N) is 1. The molecule has 0 aliphatic carbocycles. The number of urea groups is 1. The minimum absolute atomic E-state index is 0.0131. The van der Waals surface area contributed by atoms with Crippen LogP contribution in [0.3, 0.4) is 0 Å². The zero-order chi connectivity index (χ0) is 18.8. The Balaban J connectivity index is 1.53. The van der Waals surface area contributed by atoms with E-state index in [1.807, 2.05) is 0 Å². The molecule has 7 nitrogen and oxygen atoms in total. The number of carbonyl (C=O) groups is 3. The Bertz CT molecular complexity index is 735. The number of halogens is 2. The van der Waals surface area contributed by atoms with Crippen LogP contribution in [0.4, 0.5) is 10.5 Å². The molecule has 1 aromatic rings. The lowest BCUT2D eigenvalue weighted by Crippen LogP contribution is -2.48. The average Bonchev–Trinajstić information content (AvgIpc) is 3.00. The van der Waals surface area contributed by atoms with Crippen LogP contribution in [0.2, 0.25) is 10.0 Å². The molecule has 0 radical (unpaired) electrons. The molecule has 0 spiro atoms. The van der Waals surface area contributed by atoms with Crippen molar-refractivity contribution in [2.45, 2.75) is 25.3 Å². The summed E-state index contributed by atoms with van der Waals surface area (Å²) >= 11 is 11.8. The van der Waals surface area contributed by atoms with Crippen molar-refractivity contribution in [1.29, 1.82) is 0 Å². The van der Waals surface area contributed by atoms with Gasteiger partial charge in [0.2, 0.25) is 5.91 Å². The second-order valence-electron chi connectivity index (χ2n) is 6.56. The van der Waals surface area contributed by atoms with Crippen molar-refractivity contribution in [2.75, 3.05) is 25.0 Å². The van der Waals surface area contributed by atoms with Crippen LogP contribution < -0.4 is 5.32 Å². The van der Waals surface area contributed by atoms with Crippen LogP contribution in [-0.4, -0.2) is 58.5 Å². The highest BCUT2D eigenvalue weighted by Crippen LogP contribution is 2.27. The van der Waals surface area contributed by atoms with Crippen LogP contribution in [0, 0.1) is 5.92 Å². The Kier molecular flexibility index (Phi) is 5.58. The van der Waals surface area contributed by atoms with Crippen LogP contribution in [0.5, 0.6) is 0 Å². The van der Waals surface area contributed by atoms with Crippen LogP contribution in [0.25, 0.3) is 0 Å². The van der Waals surface area contributed by atoms with Gasteiger partial charge in [0.05, 0.1) is 16.0 Å². The van der Waals surface area contributed by atoms with E-state index in [-0.39, 0.29) is 30.9 Å². The lowest BCUT2D eigenvalue weighted by molar-refractivity contribution is -0.141. The second kappa shape index (κ2) is 7.72. The van der Waals surface area contributed by atoms with E-state index in [2.05, 4.69) is 5.32 Å². The first kappa shape index (κ1) is 18.8. The molecule has 2 saturated heterocycles. The summed E-state index contributed by atoms with van der Waals surface area (Å²) in [7, 11) is 0. The molecule has 2 aliphatic heterocycles. The molecule has 1 aromatic carbocycles. The number of amides is 3. The lowest BCUT2D eigenvalue weighted by atomic mass is 10.0. The van der Waals surface area contributed by atoms with Crippen LogP contribution in [0.1, 0.15) is 19.3 Å². The number of benzene rings is 1. The molecular weight excluding hydrogens is 381 g/mol. The van der Waals surface area contributed by atoms with E-state index >= 15 is 0 Å². The zero-order valence-corrected chi connectivity index (χ0v) is 15.5. The first-order valence-electron chi connectivity index (χ1n) is 8.38. The Morgan fingerprint density at radius 2 is 1.85 bits per heavy atom. The number of likely N-dealkylation sites (tertiary alicyclic amines) is 2. The summed E-state index contributed by atoms with van der Waals surface area (Å²) in [6.45, 7) is 1.26. The summed E-state index contributed by atoms with van der Waals surface area (Å²) in [6, 6.07) is 4.62. The van der Waals surface area contributed by atoms with E-state index in [1.54, 1.807) is 28.0 Å². The Labute approximate surface area is 160 Å². The van der Waals surface area contributed by atoms with E-state index in [0.717, 1.165) is 0 Å². The van der Waals surface area contributed by atoms with E-state index in [0.29, 0.717) is 41.7 Å². The number of carbonyl (C=O) groups excluding carboxylic acids is 2. The van der Waals surface area contributed by atoms with E-state index in [4.69, 9.17) is 28.3 Å². The highest BCUT2D eigenvalue weighted by molar-refractivity contribution is 6.42. The largest absolute Gasteiger partial charge is 0.481 e. The molecule has 3 rings (SSSR count). The van der Waals surface area contributed by atoms with E-state index in [9.17, 15) is 14.4 Å². The predicted molar refractivity (Wildman–Crippen MR) is 97.5 cm³/mol. The van der Waals surface area contributed by atoms with Gasteiger partial charge >= 0.3 is 12.0 Å². The maximum absolute atomic E-state index is 12.4. The van der Waals surface area contributed by atoms with Gasteiger partial charge < -0.3 is 20.2 Å². The molecule has 0 bridgehead atoms. The smallest absolute Gasteiger partial charge is 0.321 e. The van der Waals surface area contributed by atoms with Gasteiger partial charge in [0, 0.05) is 37.8 Å². The number of hydrogen-bond acceptors (Lipinski definition) is 3. The van der Waals surface area contributed by atoms with Crippen LogP contribution in [-0.2, 0) is 9.59 Å². The monoisotopic (exact) mass is 399 g/mol. The number of carboxylic acids is 1. The third kappa shape index (κ3) is 4.04. The van der Waals surface area contributed by atoms with Gasteiger partial charge in [0.1, 0.15) is 0 Å². The molecule has 2 fully saturated rings. The van der Waals surface area contributed by atoms with Crippen molar-refractivity contribution >= 4 is 46.8 Å². The Morgan fingerprint density at radius 1 is 1.15 bits per heavy atom. The zero-order valence-electron chi connectivity index (χ0n) is 14.0. The molecule has 0 saturated carbocycles. The second-order valence-corrected chi connectivity index (χ2v) is 7.38. The summed E-state index contributed by atoms with van der Waals surface area (Å²) in [5, 5.41) is 12.6. The first-order chi connectivity index (χ1) is 12.3. The van der Waals surface area contributed by atoms with Crippen molar-refractivity contribution in [1.82, 2.24) is 9.80 Å². The standard InChI is InChI=1S/C17H19Cl2N3O4/c18-13-2-1-11(8-14(13)19)20-17(26)21-5-3-12(4-6-21)22-9-10(16(24)25)7-15(22)23/h1-2,8,10,12H,3-7,9H2,(H,20,26)(H,24,25). The fraction of sp³-hybridized carbons (Fsp3) is 0.471. The van der Waals surface area contributed by atoms with Gasteiger partial charge in [-0.1, -0.05) is 23.2 Å². The molecule has 0 aromatic heterocycles. The topological polar surface area (TPSA) is 90.0 Å². The maximum atomic E-state index is 12.4. The lowest BCUT2D eigenvalue weighted by Gasteiger charge is -2.36. The third-order valence-electron chi connectivity index (χ3n) is 4.87. The van der Waals surface area contributed by atoms with Gasteiger partial charge in [-0.3, -0.25) is 9.59 Å². The summed E-state index contributed by atoms with van der Waals surface area (Å²) in [5.74, 6) is -1.67. The fourth-order valence-corrected chi connectivity index (χ4v) is 3.71. The molecule has 2 N–H and O–H groups in total. The SMILES string of the molecule is O=C(O)C1CC(=O)N(C2CCN(C(=O)Nc3ccc(Cl)c(Cl)c3)CC2)C1. The molecule has 1 unspecified atom stereocenters. The Hall–Kier alpha value is -1.99. The first-order valence-corrected chi connectivity index (χ1v) is 9.14. The highest BCUT2D eigenvalue weighted by Gasteiger charge is 2.39. The molecule has 2 aliphatic rings. The van der Waals surface area contributed by atoms with Crippen molar-refractivity contribution < 1.29 is 19.5 Å². The molecule has 1 atom stereocenters. The van der Waals surface area contributed by atoms with Gasteiger partial charge in [0.25, 0.3) is 0 Å². The van der Waals surface area contributed by atoms with Crippen LogP contribution in [0.15, 0.2) is 18.2 Å². The minimum atomic E-state index is -0.931. The van der Waals surface area contributed by atoms with Gasteiger partial charge in [-0.15, -0.1) is 0 Å². The number of piperidine rings is 1. The normalized spacial score (nSPS) is 21.2. The molecule has 26 heavy (non-hydrogen) atoms. The van der Waals surface area contributed by atoms with Crippen molar-refractivity contribution in [2.24, 2.45) is 5.92 Å².